The van der Waals surface area contributed by atoms with Gasteiger partial charge in [0.05, 0.1) is 13.7 Å². The van der Waals surface area contributed by atoms with E-state index in [4.69, 9.17) is 10.5 Å². The molecular weight excluding hydrogens is 340 g/mol. The standard InChI is InChI=1S/C20H24N6O/c1-14-7-4-5-10-17(14)22-20-24-18(23-19(21)25-20)13-26(2)12-15-8-6-9-16(11-15)27-3/h4-11H,12-13H2,1-3H3,(H3,21,22,23,24,25). The number of anilines is 3. The fourth-order valence-corrected chi connectivity index (χ4v) is 2.78. The summed E-state index contributed by atoms with van der Waals surface area (Å²) < 4.78 is 5.28. The quantitative estimate of drug-likeness (QED) is 0.665. The van der Waals surface area contributed by atoms with Gasteiger partial charge in [0.15, 0.2) is 0 Å². The Labute approximate surface area is 159 Å². The number of hydrogen-bond acceptors (Lipinski definition) is 7. The van der Waals surface area contributed by atoms with Crippen LogP contribution in [0.5, 0.6) is 5.75 Å². The van der Waals surface area contributed by atoms with Gasteiger partial charge in [-0.3, -0.25) is 4.90 Å². The molecule has 3 N–H and O–H groups in total. The molecule has 0 aliphatic carbocycles. The summed E-state index contributed by atoms with van der Waals surface area (Å²) in [6.07, 6.45) is 0. The second-order valence-corrected chi connectivity index (χ2v) is 6.40. The molecule has 0 unspecified atom stereocenters. The van der Waals surface area contributed by atoms with Gasteiger partial charge in [-0.05, 0) is 43.3 Å². The molecule has 3 aromatic rings. The molecule has 7 heteroatoms. The molecule has 2 aromatic carbocycles. The van der Waals surface area contributed by atoms with Gasteiger partial charge in [-0.1, -0.05) is 30.3 Å². The van der Waals surface area contributed by atoms with Crippen LogP contribution in [-0.4, -0.2) is 34.0 Å². The van der Waals surface area contributed by atoms with Crippen LogP contribution in [0.3, 0.4) is 0 Å². The van der Waals surface area contributed by atoms with E-state index < -0.39 is 0 Å². The van der Waals surface area contributed by atoms with Gasteiger partial charge in [0.1, 0.15) is 11.6 Å². The Balaban J connectivity index is 1.71. The zero-order valence-electron chi connectivity index (χ0n) is 15.8. The highest BCUT2D eigenvalue weighted by molar-refractivity contribution is 5.58. The number of para-hydroxylation sites is 1. The molecule has 0 aliphatic heterocycles. The summed E-state index contributed by atoms with van der Waals surface area (Å²) in [5.41, 5.74) is 9.08. The van der Waals surface area contributed by atoms with E-state index in [2.05, 4.69) is 31.2 Å². The molecule has 1 aromatic heterocycles. The maximum Gasteiger partial charge on any atom is 0.232 e. The second kappa shape index (κ2) is 8.46. The van der Waals surface area contributed by atoms with Crippen molar-refractivity contribution in [2.75, 3.05) is 25.2 Å². The molecule has 0 saturated carbocycles. The Morgan fingerprint density at radius 2 is 1.85 bits per heavy atom. The van der Waals surface area contributed by atoms with Crippen LogP contribution in [0.1, 0.15) is 17.0 Å². The van der Waals surface area contributed by atoms with Gasteiger partial charge in [-0.15, -0.1) is 0 Å². The molecule has 0 spiro atoms. The first-order valence-electron chi connectivity index (χ1n) is 8.68. The zero-order chi connectivity index (χ0) is 19.2. The monoisotopic (exact) mass is 364 g/mol. The smallest absolute Gasteiger partial charge is 0.232 e. The SMILES string of the molecule is COc1cccc(CN(C)Cc2nc(N)nc(Nc3ccccc3C)n2)c1. The number of hydrogen-bond donors (Lipinski definition) is 2. The number of nitrogens with zero attached hydrogens (tertiary/aromatic N) is 4. The highest BCUT2D eigenvalue weighted by atomic mass is 16.5. The third kappa shape index (κ3) is 5.15. The highest BCUT2D eigenvalue weighted by Crippen LogP contribution is 2.18. The molecular formula is C20H24N6O. The Hall–Kier alpha value is -3.19. The van der Waals surface area contributed by atoms with Crippen LogP contribution < -0.4 is 15.8 Å². The van der Waals surface area contributed by atoms with E-state index in [1.807, 2.05) is 56.4 Å². The van der Waals surface area contributed by atoms with Crippen LogP contribution in [0.2, 0.25) is 0 Å². The molecule has 3 rings (SSSR count). The molecule has 0 aliphatic rings. The normalized spacial score (nSPS) is 10.8. The number of aromatic nitrogens is 3. The van der Waals surface area contributed by atoms with Gasteiger partial charge >= 0.3 is 0 Å². The average molecular weight is 364 g/mol. The topological polar surface area (TPSA) is 89.2 Å². The number of methoxy groups -OCH3 is 1. The van der Waals surface area contributed by atoms with Gasteiger partial charge in [0, 0.05) is 12.2 Å². The van der Waals surface area contributed by atoms with Crippen molar-refractivity contribution >= 4 is 17.6 Å². The summed E-state index contributed by atoms with van der Waals surface area (Å²) in [6.45, 7) is 3.31. The summed E-state index contributed by atoms with van der Waals surface area (Å²) in [5.74, 6) is 2.10. The molecule has 0 fully saturated rings. The first-order valence-corrected chi connectivity index (χ1v) is 8.68. The lowest BCUT2D eigenvalue weighted by molar-refractivity contribution is 0.310. The largest absolute Gasteiger partial charge is 0.497 e. The van der Waals surface area contributed by atoms with Crippen molar-refractivity contribution in [3.63, 3.8) is 0 Å². The van der Waals surface area contributed by atoms with Gasteiger partial charge in [0.25, 0.3) is 0 Å². The van der Waals surface area contributed by atoms with Crippen LogP contribution in [-0.2, 0) is 13.1 Å². The third-order valence-electron chi connectivity index (χ3n) is 4.09. The van der Waals surface area contributed by atoms with E-state index in [0.29, 0.717) is 18.3 Å². The number of ether oxygens (including phenoxy) is 1. The summed E-state index contributed by atoms with van der Waals surface area (Å²) in [4.78, 5) is 15.1. The molecule has 0 atom stereocenters. The Kier molecular flexibility index (Phi) is 5.83. The van der Waals surface area contributed by atoms with E-state index in [-0.39, 0.29) is 5.95 Å². The summed E-state index contributed by atoms with van der Waals surface area (Å²) in [6, 6.07) is 15.9. The number of rotatable bonds is 7. The highest BCUT2D eigenvalue weighted by Gasteiger charge is 2.09. The van der Waals surface area contributed by atoms with Crippen LogP contribution in [0.15, 0.2) is 48.5 Å². The van der Waals surface area contributed by atoms with E-state index in [1.54, 1.807) is 7.11 Å². The van der Waals surface area contributed by atoms with Crippen molar-refractivity contribution in [3.8, 4) is 5.75 Å². The van der Waals surface area contributed by atoms with E-state index >= 15 is 0 Å². The lowest BCUT2D eigenvalue weighted by Gasteiger charge is -2.17. The number of nitrogens with one attached hydrogen (secondary N) is 1. The van der Waals surface area contributed by atoms with E-state index in [9.17, 15) is 0 Å². The van der Waals surface area contributed by atoms with Crippen LogP contribution in [0.4, 0.5) is 17.6 Å². The third-order valence-corrected chi connectivity index (χ3v) is 4.09. The predicted molar refractivity (Wildman–Crippen MR) is 107 cm³/mol. The van der Waals surface area contributed by atoms with Crippen molar-refractivity contribution in [2.45, 2.75) is 20.0 Å². The molecule has 0 bridgehead atoms. The number of nitrogen functional groups attached to an aromatic ring is 1. The molecule has 0 amide bonds. The maximum absolute atomic E-state index is 5.88. The zero-order valence-corrected chi connectivity index (χ0v) is 15.8. The molecule has 1 heterocycles. The first-order chi connectivity index (χ1) is 13.0. The van der Waals surface area contributed by atoms with Gasteiger partial charge in [-0.25, -0.2) is 0 Å². The fraction of sp³-hybridized carbons (Fsp3) is 0.250. The Bertz CT molecular complexity index is 914. The van der Waals surface area contributed by atoms with E-state index in [1.165, 1.54) is 0 Å². The predicted octanol–water partition coefficient (Wildman–Crippen LogP) is 3.15. The van der Waals surface area contributed by atoms with E-state index in [0.717, 1.165) is 29.1 Å². The van der Waals surface area contributed by atoms with Crippen molar-refractivity contribution in [1.82, 2.24) is 19.9 Å². The number of nitrogens with two attached hydrogens (primary N) is 1. The fourth-order valence-electron chi connectivity index (χ4n) is 2.78. The maximum atomic E-state index is 5.88. The Morgan fingerprint density at radius 3 is 2.63 bits per heavy atom. The molecule has 140 valence electrons. The van der Waals surface area contributed by atoms with Crippen molar-refractivity contribution in [1.29, 1.82) is 0 Å². The van der Waals surface area contributed by atoms with Crippen molar-refractivity contribution in [3.05, 3.63) is 65.5 Å². The van der Waals surface area contributed by atoms with Crippen LogP contribution in [0, 0.1) is 6.92 Å². The number of aryl methyl sites for hydroxylation is 1. The van der Waals surface area contributed by atoms with Crippen molar-refractivity contribution < 1.29 is 4.74 Å². The lowest BCUT2D eigenvalue weighted by atomic mass is 10.2. The minimum atomic E-state index is 0.200. The summed E-state index contributed by atoms with van der Waals surface area (Å²) in [7, 11) is 3.67. The summed E-state index contributed by atoms with van der Waals surface area (Å²) in [5, 5.41) is 3.21. The van der Waals surface area contributed by atoms with Crippen molar-refractivity contribution in [2.24, 2.45) is 0 Å². The van der Waals surface area contributed by atoms with Gasteiger partial charge in [-0.2, -0.15) is 15.0 Å². The molecule has 0 saturated heterocycles. The first kappa shape index (κ1) is 18.6. The molecule has 0 radical (unpaired) electrons. The average Bonchev–Trinajstić information content (AvgIpc) is 2.63. The van der Waals surface area contributed by atoms with Crippen LogP contribution in [0.25, 0.3) is 0 Å². The lowest BCUT2D eigenvalue weighted by Crippen LogP contribution is -2.20. The molecule has 27 heavy (non-hydrogen) atoms. The Morgan fingerprint density at radius 1 is 1.04 bits per heavy atom. The minimum Gasteiger partial charge on any atom is -0.497 e. The van der Waals surface area contributed by atoms with Gasteiger partial charge in [0.2, 0.25) is 11.9 Å². The summed E-state index contributed by atoms with van der Waals surface area (Å²) >= 11 is 0. The van der Waals surface area contributed by atoms with Gasteiger partial charge < -0.3 is 15.8 Å². The molecule has 7 nitrogen and oxygen atoms in total. The number of benzene rings is 2. The second-order valence-electron chi connectivity index (χ2n) is 6.40. The minimum absolute atomic E-state index is 0.200. The van der Waals surface area contributed by atoms with Crippen LogP contribution >= 0.6 is 0 Å².